The number of rotatable bonds is 3. The SMILES string of the molecule is CC/C(C)=C/CC1CCC(C)C1(C)C. The summed E-state index contributed by atoms with van der Waals surface area (Å²) in [5.74, 6) is 1.82. The van der Waals surface area contributed by atoms with Crippen LogP contribution < -0.4 is 0 Å². The molecule has 1 aliphatic rings. The van der Waals surface area contributed by atoms with Gasteiger partial charge in [0.1, 0.15) is 0 Å². The predicted octanol–water partition coefficient (Wildman–Crippen LogP) is 4.81. The molecule has 0 amide bonds. The highest BCUT2D eigenvalue weighted by molar-refractivity contribution is 5.01. The summed E-state index contributed by atoms with van der Waals surface area (Å²) in [6, 6.07) is 0. The predicted molar refractivity (Wildman–Crippen MR) is 64.3 cm³/mol. The number of hydrogen-bond acceptors (Lipinski definition) is 0. The van der Waals surface area contributed by atoms with Crippen molar-refractivity contribution in [3.05, 3.63) is 11.6 Å². The molecule has 0 aromatic heterocycles. The molecule has 2 unspecified atom stereocenters. The van der Waals surface area contributed by atoms with Crippen molar-refractivity contribution < 1.29 is 0 Å². The van der Waals surface area contributed by atoms with Gasteiger partial charge < -0.3 is 0 Å². The second-order valence-corrected chi connectivity index (χ2v) is 5.64. The van der Waals surface area contributed by atoms with E-state index in [0.29, 0.717) is 5.41 Å². The van der Waals surface area contributed by atoms with Gasteiger partial charge in [-0.2, -0.15) is 0 Å². The molecule has 0 aromatic carbocycles. The molecule has 1 saturated carbocycles. The Bertz CT molecular complexity index is 210. The molecule has 0 nitrogen and oxygen atoms in total. The third-order valence-corrected chi connectivity index (χ3v) is 4.58. The zero-order valence-electron chi connectivity index (χ0n) is 10.6. The van der Waals surface area contributed by atoms with Gasteiger partial charge in [-0.15, -0.1) is 0 Å². The Balaban J connectivity index is 2.55. The van der Waals surface area contributed by atoms with Crippen LogP contribution in [-0.4, -0.2) is 0 Å². The van der Waals surface area contributed by atoms with Crippen molar-refractivity contribution in [2.75, 3.05) is 0 Å². The first kappa shape index (κ1) is 11.8. The quantitative estimate of drug-likeness (QED) is 0.566. The van der Waals surface area contributed by atoms with Gasteiger partial charge in [0, 0.05) is 0 Å². The molecule has 0 N–H and O–H groups in total. The molecule has 0 saturated heterocycles. The van der Waals surface area contributed by atoms with Crippen molar-refractivity contribution in [2.45, 2.75) is 60.3 Å². The van der Waals surface area contributed by atoms with Gasteiger partial charge in [0.2, 0.25) is 0 Å². The van der Waals surface area contributed by atoms with Crippen LogP contribution in [0.3, 0.4) is 0 Å². The Kier molecular flexibility index (Phi) is 3.80. The first-order valence-electron chi connectivity index (χ1n) is 6.14. The van der Waals surface area contributed by atoms with Crippen LogP contribution >= 0.6 is 0 Å². The monoisotopic (exact) mass is 194 g/mol. The maximum atomic E-state index is 2.46. The van der Waals surface area contributed by atoms with Crippen LogP contribution in [0.15, 0.2) is 11.6 Å². The van der Waals surface area contributed by atoms with Crippen molar-refractivity contribution in [1.29, 1.82) is 0 Å². The lowest BCUT2D eigenvalue weighted by Crippen LogP contribution is -2.22. The molecular formula is C14H26. The summed E-state index contributed by atoms with van der Waals surface area (Å²) in [5.41, 5.74) is 2.12. The van der Waals surface area contributed by atoms with E-state index >= 15 is 0 Å². The second kappa shape index (κ2) is 4.51. The van der Waals surface area contributed by atoms with Crippen LogP contribution in [0.5, 0.6) is 0 Å². The lowest BCUT2D eigenvalue weighted by molar-refractivity contribution is 0.199. The molecular weight excluding hydrogens is 168 g/mol. The van der Waals surface area contributed by atoms with E-state index in [1.165, 1.54) is 25.7 Å². The molecule has 0 aromatic rings. The van der Waals surface area contributed by atoms with Crippen molar-refractivity contribution in [3.8, 4) is 0 Å². The van der Waals surface area contributed by atoms with Crippen LogP contribution in [-0.2, 0) is 0 Å². The van der Waals surface area contributed by atoms with Gasteiger partial charge in [0.25, 0.3) is 0 Å². The van der Waals surface area contributed by atoms with E-state index in [2.05, 4.69) is 40.7 Å². The molecule has 2 atom stereocenters. The summed E-state index contributed by atoms with van der Waals surface area (Å²) in [6.07, 6.45) is 7.84. The molecule has 0 aliphatic heterocycles. The largest absolute Gasteiger partial charge is 0.0853 e. The molecule has 1 fully saturated rings. The van der Waals surface area contributed by atoms with Crippen molar-refractivity contribution in [2.24, 2.45) is 17.3 Å². The minimum atomic E-state index is 0.560. The Morgan fingerprint density at radius 1 is 1.36 bits per heavy atom. The fourth-order valence-corrected chi connectivity index (χ4v) is 2.51. The first-order valence-corrected chi connectivity index (χ1v) is 6.14. The van der Waals surface area contributed by atoms with E-state index in [9.17, 15) is 0 Å². The topological polar surface area (TPSA) is 0 Å². The maximum Gasteiger partial charge on any atom is -0.0297 e. The summed E-state index contributed by atoms with van der Waals surface area (Å²) in [4.78, 5) is 0. The summed E-state index contributed by atoms with van der Waals surface area (Å²) in [6.45, 7) is 11.8. The van der Waals surface area contributed by atoms with E-state index in [4.69, 9.17) is 0 Å². The minimum Gasteiger partial charge on any atom is -0.0853 e. The highest BCUT2D eigenvalue weighted by Gasteiger charge is 2.39. The second-order valence-electron chi connectivity index (χ2n) is 5.64. The normalized spacial score (nSPS) is 32.2. The van der Waals surface area contributed by atoms with Gasteiger partial charge in [-0.05, 0) is 49.9 Å². The average molecular weight is 194 g/mol. The molecule has 0 heterocycles. The average Bonchev–Trinajstić information content (AvgIpc) is 2.39. The van der Waals surface area contributed by atoms with Gasteiger partial charge >= 0.3 is 0 Å². The Morgan fingerprint density at radius 2 is 2.00 bits per heavy atom. The van der Waals surface area contributed by atoms with Crippen LogP contribution in [0.25, 0.3) is 0 Å². The zero-order valence-corrected chi connectivity index (χ0v) is 10.6. The van der Waals surface area contributed by atoms with E-state index in [0.717, 1.165) is 11.8 Å². The molecule has 82 valence electrons. The van der Waals surface area contributed by atoms with E-state index in [-0.39, 0.29) is 0 Å². The van der Waals surface area contributed by atoms with Crippen LogP contribution in [0.4, 0.5) is 0 Å². The molecule has 14 heavy (non-hydrogen) atoms. The number of hydrogen-bond donors (Lipinski definition) is 0. The first-order chi connectivity index (χ1) is 6.48. The van der Waals surface area contributed by atoms with E-state index < -0.39 is 0 Å². The van der Waals surface area contributed by atoms with Gasteiger partial charge in [-0.3, -0.25) is 0 Å². The Hall–Kier alpha value is -0.260. The fourth-order valence-electron chi connectivity index (χ4n) is 2.51. The summed E-state index contributed by atoms with van der Waals surface area (Å²) < 4.78 is 0. The van der Waals surface area contributed by atoms with Crippen molar-refractivity contribution in [1.82, 2.24) is 0 Å². The van der Waals surface area contributed by atoms with Crippen LogP contribution in [0.2, 0.25) is 0 Å². The zero-order chi connectivity index (χ0) is 10.8. The molecule has 1 rings (SSSR count). The van der Waals surface area contributed by atoms with Gasteiger partial charge in [-0.1, -0.05) is 39.3 Å². The van der Waals surface area contributed by atoms with Crippen LogP contribution in [0, 0.1) is 17.3 Å². The maximum absolute atomic E-state index is 2.46. The highest BCUT2D eigenvalue weighted by atomic mass is 14.4. The summed E-state index contributed by atoms with van der Waals surface area (Å²) in [5, 5.41) is 0. The lowest BCUT2D eigenvalue weighted by atomic mass is 9.75. The molecule has 0 spiro atoms. The van der Waals surface area contributed by atoms with Gasteiger partial charge in [-0.25, -0.2) is 0 Å². The van der Waals surface area contributed by atoms with Gasteiger partial charge in [0.15, 0.2) is 0 Å². The minimum absolute atomic E-state index is 0.560. The Morgan fingerprint density at radius 3 is 2.43 bits per heavy atom. The standard InChI is InChI=1S/C14H26/c1-6-11(2)7-9-13-10-8-12(3)14(13,4)5/h7,12-13H,6,8-10H2,1-5H3/b11-7+. The summed E-state index contributed by atoms with van der Waals surface area (Å²) in [7, 11) is 0. The third-order valence-electron chi connectivity index (χ3n) is 4.58. The lowest BCUT2D eigenvalue weighted by Gasteiger charge is -2.30. The van der Waals surface area contributed by atoms with Gasteiger partial charge in [0.05, 0.1) is 0 Å². The molecule has 0 radical (unpaired) electrons. The summed E-state index contributed by atoms with van der Waals surface area (Å²) >= 11 is 0. The smallest absolute Gasteiger partial charge is 0.0297 e. The Labute approximate surface area is 89.8 Å². The van der Waals surface area contributed by atoms with Crippen molar-refractivity contribution >= 4 is 0 Å². The van der Waals surface area contributed by atoms with E-state index in [1.54, 1.807) is 5.57 Å². The van der Waals surface area contributed by atoms with Crippen LogP contribution in [0.1, 0.15) is 60.3 Å². The molecule has 0 bridgehead atoms. The molecule has 1 aliphatic carbocycles. The number of allylic oxidation sites excluding steroid dienone is 2. The highest BCUT2D eigenvalue weighted by Crippen LogP contribution is 2.48. The third kappa shape index (κ3) is 2.40. The van der Waals surface area contributed by atoms with E-state index in [1.807, 2.05) is 0 Å². The van der Waals surface area contributed by atoms with Crippen molar-refractivity contribution in [3.63, 3.8) is 0 Å². The molecule has 0 heteroatoms. The fraction of sp³-hybridized carbons (Fsp3) is 0.857.